The second kappa shape index (κ2) is 7.31. The van der Waals surface area contributed by atoms with Crippen molar-refractivity contribution >= 4 is 22.9 Å². The van der Waals surface area contributed by atoms with Crippen LogP contribution in [0.25, 0.3) is 11.0 Å². The Labute approximate surface area is 167 Å². The van der Waals surface area contributed by atoms with E-state index in [1.807, 2.05) is 35.2 Å². The number of hydrogen-bond donors (Lipinski definition) is 0. The van der Waals surface area contributed by atoms with E-state index < -0.39 is 0 Å². The minimum absolute atomic E-state index is 0.0587. The molecule has 2 aliphatic heterocycles. The highest BCUT2D eigenvalue weighted by atomic mass is 16.6. The van der Waals surface area contributed by atoms with Gasteiger partial charge in [0.25, 0.3) is 0 Å². The number of fused-ring (bicyclic) bond motifs is 3. The molecular formula is C22H21N3O4. The van der Waals surface area contributed by atoms with E-state index in [4.69, 9.17) is 9.37 Å². The van der Waals surface area contributed by atoms with Gasteiger partial charge in [0.1, 0.15) is 17.6 Å². The summed E-state index contributed by atoms with van der Waals surface area (Å²) in [6.45, 7) is 0.268. The number of Topliss-reactive ketones (excluding diaryl/α,β-unsaturated/α-hetero) is 1. The summed E-state index contributed by atoms with van der Waals surface area (Å²) in [5, 5.41) is 7.60. The Kier molecular flexibility index (Phi) is 4.50. The third kappa shape index (κ3) is 3.37. The molecule has 0 radical (unpaired) electrons. The molecule has 2 atom stereocenters. The lowest BCUT2D eigenvalue weighted by Crippen LogP contribution is -2.48. The van der Waals surface area contributed by atoms with Crippen molar-refractivity contribution in [2.75, 3.05) is 0 Å². The summed E-state index contributed by atoms with van der Waals surface area (Å²) >= 11 is 0. The van der Waals surface area contributed by atoms with E-state index in [1.165, 1.54) is 0 Å². The summed E-state index contributed by atoms with van der Waals surface area (Å²) in [7, 11) is 0. The standard InChI is InChI=1S/C22H21N3O4/c26-21(15-6-9-19-20(12-15)24-29-23-19)16-10-17-7-8-18(11-16)25(17)22(27)28-13-14-4-2-1-3-5-14/h1-6,9,12,16-18H,7-8,10-11,13H2. The van der Waals surface area contributed by atoms with Gasteiger partial charge in [-0.05, 0) is 59.8 Å². The number of benzene rings is 2. The van der Waals surface area contributed by atoms with Crippen molar-refractivity contribution in [2.45, 2.75) is 44.4 Å². The molecule has 2 aliphatic rings. The highest BCUT2D eigenvalue weighted by Crippen LogP contribution is 2.40. The minimum atomic E-state index is -0.276. The maximum Gasteiger partial charge on any atom is 0.410 e. The number of carbonyl (C=O) groups excluding carboxylic acids is 2. The first-order valence-electron chi connectivity index (χ1n) is 9.94. The van der Waals surface area contributed by atoms with Crippen molar-refractivity contribution in [3.05, 3.63) is 59.7 Å². The van der Waals surface area contributed by atoms with Crippen molar-refractivity contribution < 1.29 is 19.0 Å². The zero-order valence-electron chi connectivity index (χ0n) is 15.9. The third-order valence-electron chi connectivity index (χ3n) is 6.06. The van der Waals surface area contributed by atoms with E-state index in [1.54, 1.807) is 18.2 Å². The van der Waals surface area contributed by atoms with E-state index in [0.29, 0.717) is 29.4 Å². The number of piperidine rings is 1. The Bertz CT molecular complexity index is 1030. The van der Waals surface area contributed by atoms with Gasteiger partial charge in [0, 0.05) is 23.6 Å². The molecule has 7 nitrogen and oxygen atoms in total. The van der Waals surface area contributed by atoms with Gasteiger partial charge in [-0.15, -0.1) is 0 Å². The molecule has 3 aromatic rings. The van der Waals surface area contributed by atoms with Crippen LogP contribution >= 0.6 is 0 Å². The highest BCUT2D eigenvalue weighted by molar-refractivity contribution is 6.00. The van der Waals surface area contributed by atoms with Crippen LogP contribution < -0.4 is 0 Å². The molecule has 3 heterocycles. The third-order valence-corrected chi connectivity index (χ3v) is 6.06. The van der Waals surface area contributed by atoms with Gasteiger partial charge in [-0.3, -0.25) is 4.79 Å². The molecule has 2 aromatic carbocycles. The van der Waals surface area contributed by atoms with Crippen LogP contribution in [0.3, 0.4) is 0 Å². The van der Waals surface area contributed by atoms with Crippen LogP contribution in [0, 0.1) is 5.92 Å². The quantitative estimate of drug-likeness (QED) is 0.625. The fourth-order valence-electron chi connectivity index (χ4n) is 4.65. The largest absolute Gasteiger partial charge is 0.445 e. The van der Waals surface area contributed by atoms with Gasteiger partial charge in [0.05, 0.1) is 0 Å². The lowest BCUT2D eigenvalue weighted by Gasteiger charge is -2.37. The molecule has 0 spiro atoms. The second-order valence-corrected chi connectivity index (χ2v) is 7.83. The molecule has 2 fully saturated rings. The molecular weight excluding hydrogens is 370 g/mol. The van der Waals surface area contributed by atoms with Gasteiger partial charge in [0.15, 0.2) is 5.78 Å². The summed E-state index contributed by atoms with van der Waals surface area (Å²) in [5.41, 5.74) is 2.81. The monoisotopic (exact) mass is 391 g/mol. The Balaban J connectivity index is 1.25. The van der Waals surface area contributed by atoms with Crippen molar-refractivity contribution in [1.82, 2.24) is 15.2 Å². The van der Waals surface area contributed by atoms with Crippen LogP contribution in [-0.2, 0) is 11.3 Å². The zero-order chi connectivity index (χ0) is 19.8. The average molecular weight is 391 g/mol. The topological polar surface area (TPSA) is 85.5 Å². The summed E-state index contributed by atoms with van der Waals surface area (Å²) in [6, 6.07) is 15.0. The van der Waals surface area contributed by atoms with E-state index in [-0.39, 0.29) is 36.5 Å². The first-order chi connectivity index (χ1) is 14.2. The molecule has 148 valence electrons. The minimum Gasteiger partial charge on any atom is -0.445 e. The number of amides is 1. The van der Waals surface area contributed by atoms with Gasteiger partial charge in [-0.1, -0.05) is 30.3 Å². The number of ether oxygens (including phenoxy) is 1. The molecule has 2 bridgehead atoms. The SMILES string of the molecule is O=C(c1ccc2nonc2c1)C1CC2CCC(C1)N2C(=O)OCc1ccccc1. The molecule has 2 saturated heterocycles. The maximum absolute atomic E-state index is 13.1. The number of ketones is 1. The Hall–Kier alpha value is -3.22. The molecule has 5 rings (SSSR count). The van der Waals surface area contributed by atoms with Gasteiger partial charge < -0.3 is 9.64 Å². The van der Waals surface area contributed by atoms with E-state index in [9.17, 15) is 9.59 Å². The summed E-state index contributed by atoms with van der Waals surface area (Å²) in [5.74, 6) is 0.00656. The van der Waals surface area contributed by atoms with Gasteiger partial charge in [0.2, 0.25) is 0 Å². The summed E-state index contributed by atoms with van der Waals surface area (Å²) in [6.07, 6.45) is 2.90. The van der Waals surface area contributed by atoms with Crippen LogP contribution in [0.4, 0.5) is 4.79 Å². The van der Waals surface area contributed by atoms with Crippen LogP contribution in [0.5, 0.6) is 0 Å². The molecule has 0 aliphatic carbocycles. The Morgan fingerprint density at radius 2 is 1.72 bits per heavy atom. The molecule has 1 aromatic heterocycles. The normalized spacial score (nSPS) is 23.3. The smallest absolute Gasteiger partial charge is 0.410 e. The number of rotatable bonds is 4. The van der Waals surface area contributed by atoms with Crippen molar-refractivity contribution in [1.29, 1.82) is 0 Å². The predicted molar refractivity (Wildman–Crippen MR) is 104 cm³/mol. The average Bonchev–Trinajstić information content (AvgIpc) is 3.33. The van der Waals surface area contributed by atoms with Gasteiger partial charge in [-0.25, -0.2) is 9.42 Å². The van der Waals surface area contributed by atoms with Crippen molar-refractivity contribution in [2.24, 2.45) is 5.92 Å². The highest BCUT2D eigenvalue weighted by Gasteiger charge is 2.46. The van der Waals surface area contributed by atoms with Crippen LogP contribution in [-0.4, -0.2) is 39.2 Å². The maximum atomic E-state index is 13.1. The van der Waals surface area contributed by atoms with Crippen molar-refractivity contribution in [3.8, 4) is 0 Å². The summed E-state index contributed by atoms with van der Waals surface area (Å²) < 4.78 is 10.3. The fourth-order valence-corrected chi connectivity index (χ4v) is 4.65. The number of aromatic nitrogens is 2. The van der Waals surface area contributed by atoms with E-state index >= 15 is 0 Å². The second-order valence-electron chi connectivity index (χ2n) is 7.83. The van der Waals surface area contributed by atoms with Crippen LogP contribution in [0.15, 0.2) is 53.2 Å². The first-order valence-corrected chi connectivity index (χ1v) is 9.94. The van der Waals surface area contributed by atoms with Crippen LogP contribution in [0.2, 0.25) is 0 Å². The first kappa shape index (κ1) is 17.8. The number of carbonyl (C=O) groups is 2. The molecule has 2 unspecified atom stereocenters. The fraction of sp³-hybridized carbons (Fsp3) is 0.364. The molecule has 29 heavy (non-hydrogen) atoms. The van der Waals surface area contributed by atoms with E-state index in [0.717, 1.165) is 18.4 Å². The Morgan fingerprint density at radius 1 is 1.00 bits per heavy atom. The zero-order valence-corrected chi connectivity index (χ0v) is 15.9. The Morgan fingerprint density at radius 3 is 2.48 bits per heavy atom. The molecule has 1 amide bonds. The lowest BCUT2D eigenvalue weighted by atomic mass is 9.85. The summed E-state index contributed by atoms with van der Waals surface area (Å²) in [4.78, 5) is 27.6. The van der Waals surface area contributed by atoms with Crippen LogP contribution in [0.1, 0.15) is 41.6 Å². The molecule has 0 N–H and O–H groups in total. The molecule has 0 saturated carbocycles. The number of nitrogens with zero attached hydrogens (tertiary/aromatic N) is 3. The van der Waals surface area contributed by atoms with Crippen molar-refractivity contribution in [3.63, 3.8) is 0 Å². The van der Waals surface area contributed by atoms with Gasteiger partial charge in [-0.2, -0.15) is 0 Å². The molecule has 7 heteroatoms. The van der Waals surface area contributed by atoms with Gasteiger partial charge >= 0.3 is 6.09 Å². The number of hydrogen-bond acceptors (Lipinski definition) is 6. The lowest BCUT2D eigenvalue weighted by molar-refractivity contribution is 0.0485. The predicted octanol–water partition coefficient (Wildman–Crippen LogP) is 3.99. The van der Waals surface area contributed by atoms with E-state index in [2.05, 4.69) is 10.3 Å².